The Morgan fingerprint density at radius 3 is 2.54 bits per heavy atom. The van der Waals surface area contributed by atoms with Crippen LogP contribution in [0.5, 0.6) is 0 Å². The van der Waals surface area contributed by atoms with E-state index in [1.54, 1.807) is 56.3 Å². The predicted octanol–water partition coefficient (Wildman–Crippen LogP) is 3.37. The Morgan fingerprint density at radius 2 is 1.88 bits per heavy atom. The molecule has 0 aromatic carbocycles. The molecule has 52 heavy (non-hydrogen) atoms. The van der Waals surface area contributed by atoms with Crippen LogP contribution in [0.15, 0.2) is 37.1 Å². The van der Waals surface area contributed by atoms with Crippen molar-refractivity contribution < 1.29 is 48.0 Å². The number of methoxy groups -OCH3 is 1. The summed E-state index contributed by atoms with van der Waals surface area (Å²) in [6.07, 6.45) is 2.29. The maximum absolute atomic E-state index is 14.0. The van der Waals surface area contributed by atoms with Gasteiger partial charge in [0.25, 0.3) is 0 Å². The summed E-state index contributed by atoms with van der Waals surface area (Å²) in [5, 5.41) is 11.3. The largest absolute Gasteiger partial charge is 0.458 e. The SMILES string of the molecule is CC[C@H]1OC(=O)[C@H](C)C(=O)C[C@@H](O[C@@H]2O[C@H](C)CC(N(C)C)C2O)[C@](C)(OC)CCC(=O)C[C@H]2N(Cn3cnc(-c4cccnc4)c3)C(=O)O[C@]12C. The number of carbonyl (C=O) groups is 4. The van der Waals surface area contributed by atoms with Gasteiger partial charge in [0.05, 0.1) is 35.9 Å². The summed E-state index contributed by atoms with van der Waals surface area (Å²) in [6, 6.07) is 2.57. The highest BCUT2D eigenvalue weighted by Gasteiger charge is 2.57. The molecule has 3 aliphatic heterocycles. The molecule has 2 aromatic rings. The summed E-state index contributed by atoms with van der Waals surface area (Å²) >= 11 is 0. The Bertz CT molecular complexity index is 1590. The number of rotatable bonds is 8. The molecule has 0 bridgehead atoms. The number of carbonyl (C=O) groups excluding carboxylic acids is 4. The third-order valence-corrected chi connectivity index (χ3v) is 11.0. The maximum atomic E-state index is 14.0. The summed E-state index contributed by atoms with van der Waals surface area (Å²) in [4.78, 5) is 67.0. The van der Waals surface area contributed by atoms with E-state index < -0.39 is 65.6 Å². The minimum atomic E-state index is -1.42. The number of pyridine rings is 1. The monoisotopic (exact) mass is 727 g/mol. The molecule has 1 amide bonds. The van der Waals surface area contributed by atoms with Gasteiger partial charge in [-0.25, -0.2) is 9.78 Å². The summed E-state index contributed by atoms with van der Waals surface area (Å²) < 4.78 is 32.1. The van der Waals surface area contributed by atoms with Gasteiger partial charge in [-0.3, -0.25) is 24.3 Å². The fraction of sp³-hybridized carbons (Fsp3) is 0.676. The lowest BCUT2D eigenvalue weighted by Gasteiger charge is -2.45. The van der Waals surface area contributed by atoms with Crippen LogP contribution in [0.3, 0.4) is 0 Å². The van der Waals surface area contributed by atoms with Crippen LogP contribution in [0.25, 0.3) is 11.3 Å². The van der Waals surface area contributed by atoms with Crippen LogP contribution in [0, 0.1) is 5.92 Å². The van der Waals surface area contributed by atoms with E-state index in [2.05, 4.69) is 9.97 Å². The minimum absolute atomic E-state index is 0.0141. The van der Waals surface area contributed by atoms with E-state index in [4.69, 9.17) is 23.7 Å². The van der Waals surface area contributed by atoms with Gasteiger partial charge in [-0.05, 0) is 73.2 Å². The molecule has 0 spiro atoms. The zero-order chi connectivity index (χ0) is 38.0. The number of amides is 1. The lowest BCUT2D eigenvalue weighted by Crippen LogP contribution is -2.57. The van der Waals surface area contributed by atoms with Gasteiger partial charge in [0.1, 0.15) is 36.4 Å². The van der Waals surface area contributed by atoms with Gasteiger partial charge in [-0.1, -0.05) is 6.92 Å². The molecule has 15 nitrogen and oxygen atoms in total. The van der Waals surface area contributed by atoms with Gasteiger partial charge < -0.3 is 38.3 Å². The van der Waals surface area contributed by atoms with Gasteiger partial charge in [-0.2, -0.15) is 0 Å². The van der Waals surface area contributed by atoms with Crippen LogP contribution < -0.4 is 0 Å². The number of aromatic nitrogens is 3. The molecule has 10 atom stereocenters. The minimum Gasteiger partial charge on any atom is -0.458 e. The summed E-state index contributed by atoms with van der Waals surface area (Å²) in [6.45, 7) is 8.55. The topological polar surface area (TPSA) is 172 Å². The normalized spacial score (nSPS) is 35.2. The number of fused-ring (bicyclic) bond motifs is 1. The van der Waals surface area contributed by atoms with Crippen molar-refractivity contribution in [2.24, 2.45) is 5.92 Å². The second-order valence-corrected chi connectivity index (χ2v) is 14.9. The van der Waals surface area contributed by atoms with Gasteiger partial charge in [0.15, 0.2) is 11.9 Å². The molecule has 0 aliphatic carbocycles. The van der Waals surface area contributed by atoms with E-state index in [1.165, 1.54) is 18.9 Å². The molecule has 3 aliphatic rings. The van der Waals surface area contributed by atoms with Crippen LogP contribution in [0.4, 0.5) is 4.79 Å². The molecule has 286 valence electrons. The van der Waals surface area contributed by atoms with Crippen molar-refractivity contribution in [2.75, 3.05) is 21.2 Å². The molecule has 0 radical (unpaired) electrons. The van der Waals surface area contributed by atoms with Crippen molar-refractivity contribution in [3.8, 4) is 11.3 Å². The molecule has 15 heteroatoms. The number of aliphatic hydroxyl groups is 1. The molecule has 2 aromatic heterocycles. The average Bonchev–Trinajstić information content (AvgIpc) is 3.68. The van der Waals surface area contributed by atoms with E-state index in [9.17, 15) is 24.3 Å². The Labute approximate surface area is 304 Å². The van der Waals surface area contributed by atoms with Crippen molar-refractivity contribution >= 4 is 23.6 Å². The Balaban J connectivity index is 1.45. The number of hydrogen-bond donors (Lipinski definition) is 1. The van der Waals surface area contributed by atoms with Crippen molar-refractivity contribution in [1.82, 2.24) is 24.3 Å². The second-order valence-electron chi connectivity index (χ2n) is 14.9. The predicted molar refractivity (Wildman–Crippen MR) is 187 cm³/mol. The zero-order valence-corrected chi connectivity index (χ0v) is 31.4. The first kappa shape index (κ1) is 39.4. The molecular formula is C37H53N5O10. The Hall–Kier alpha value is -3.76. The van der Waals surface area contributed by atoms with Crippen LogP contribution in [-0.2, 0) is 44.7 Å². The molecule has 3 fully saturated rings. The van der Waals surface area contributed by atoms with Crippen molar-refractivity contribution in [2.45, 2.75) is 134 Å². The highest BCUT2D eigenvalue weighted by atomic mass is 16.7. The molecule has 5 heterocycles. The summed E-state index contributed by atoms with van der Waals surface area (Å²) in [7, 11) is 5.19. The third kappa shape index (κ3) is 8.23. The molecule has 0 saturated carbocycles. The van der Waals surface area contributed by atoms with E-state index in [0.29, 0.717) is 12.1 Å². The highest BCUT2D eigenvalue weighted by molar-refractivity contribution is 5.99. The third-order valence-electron chi connectivity index (χ3n) is 11.0. The van der Waals surface area contributed by atoms with Crippen molar-refractivity contribution in [3.63, 3.8) is 0 Å². The fourth-order valence-electron chi connectivity index (χ4n) is 7.44. The number of Topliss-reactive ketones (excluding diaryl/α,β-unsaturated/α-hetero) is 2. The number of cyclic esters (lactones) is 1. The van der Waals surface area contributed by atoms with Crippen LogP contribution in [0.2, 0.25) is 0 Å². The van der Waals surface area contributed by atoms with Gasteiger partial charge in [-0.15, -0.1) is 0 Å². The number of ketones is 2. The number of hydrogen-bond acceptors (Lipinski definition) is 13. The molecule has 1 N–H and O–H groups in total. The number of imidazole rings is 1. The first-order valence-electron chi connectivity index (χ1n) is 18.0. The van der Waals surface area contributed by atoms with E-state index in [0.717, 1.165) is 5.56 Å². The summed E-state index contributed by atoms with van der Waals surface area (Å²) in [5.74, 6) is -2.67. The molecule has 3 saturated heterocycles. The van der Waals surface area contributed by atoms with Gasteiger partial charge in [0.2, 0.25) is 0 Å². The zero-order valence-electron chi connectivity index (χ0n) is 31.4. The van der Waals surface area contributed by atoms with Crippen molar-refractivity contribution in [3.05, 3.63) is 37.1 Å². The van der Waals surface area contributed by atoms with E-state index in [-0.39, 0.29) is 56.7 Å². The maximum Gasteiger partial charge on any atom is 0.412 e. The summed E-state index contributed by atoms with van der Waals surface area (Å²) in [5.41, 5.74) is -1.18. The number of nitrogens with zero attached hydrogens (tertiary/aromatic N) is 5. The first-order chi connectivity index (χ1) is 24.6. The van der Waals surface area contributed by atoms with Gasteiger partial charge in [0, 0.05) is 56.6 Å². The second kappa shape index (κ2) is 16.1. The molecular weight excluding hydrogens is 674 g/mol. The number of likely N-dealkylation sites (N-methyl/N-ethyl adjacent to an activating group) is 1. The lowest BCUT2D eigenvalue weighted by molar-refractivity contribution is -0.288. The van der Waals surface area contributed by atoms with Crippen LogP contribution in [0.1, 0.15) is 73.1 Å². The number of aliphatic hydroxyl groups excluding tert-OH is 1. The quantitative estimate of drug-likeness (QED) is 0.310. The molecule has 5 rings (SSSR count). The lowest BCUT2D eigenvalue weighted by atomic mass is 9.82. The number of esters is 1. The Morgan fingerprint density at radius 1 is 1.13 bits per heavy atom. The van der Waals surface area contributed by atoms with Crippen LogP contribution in [-0.4, -0.2) is 128 Å². The molecule has 2 unspecified atom stereocenters. The Kier molecular flexibility index (Phi) is 12.2. The van der Waals surface area contributed by atoms with Crippen LogP contribution >= 0.6 is 0 Å². The van der Waals surface area contributed by atoms with Gasteiger partial charge >= 0.3 is 12.1 Å². The van der Waals surface area contributed by atoms with E-state index in [1.807, 2.05) is 32.0 Å². The first-order valence-corrected chi connectivity index (χ1v) is 18.0. The fourth-order valence-corrected chi connectivity index (χ4v) is 7.44. The van der Waals surface area contributed by atoms with Crippen molar-refractivity contribution in [1.29, 1.82) is 0 Å². The highest BCUT2D eigenvalue weighted by Crippen LogP contribution is 2.40. The van der Waals surface area contributed by atoms with E-state index >= 15 is 0 Å². The standard InChI is InChI=1S/C37H53N5O10/c1-9-30-37(5)29(42(35(47)52-37)21-41-19-26(39-20-41)24-11-10-14-38-18-24)16-25(43)12-13-36(4,48-8)31(17-28(44)23(3)33(46)50-30)51-34-32(45)27(40(6)7)15-22(2)49-34/h10-11,14,18-20,22-23,27,29-32,34,45H,9,12-13,15-17,21H2,1-8H3/t22-,23-,27?,29-,30-,31-,32?,34+,36-,37+/m1/s1. The average molecular weight is 728 g/mol. The smallest absolute Gasteiger partial charge is 0.412 e. The number of ether oxygens (including phenoxy) is 5.